The van der Waals surface area contributed by atoms with Gasteiger partial charge < -0.3 is 20.1 Å². The van der Waals surface area contributed by atoms with Crippen molar-refractivity contribution in [2.45, 2.75) is 0 Å². The van der Waals surface area contributed by atoms with E-state index in [4.69, 9.17) is 9.47 Å². The largest absolute Gasteiger partial charge is 0.497 e. The number of hydrogen-bond acceptors (Lipinski definition) is 4. The molecule has 0 aliphatic carbocycles. The first kappa shape index (κ1) is 19.9. The average molecular weight is 394 g/mol. The highest BCUT2D eigenvalue weighted by molar-refractivity contribution is 6.09. The first-order valence-corrected chi connectivity index (χ1v) is 8.71. The van der Waals surface area contributed by atoms with Crippen molar-refractivity contribution in [1.82, 2.24) is 0 Å². The van der Waals surface area contributed by atoms with Gasteiger partial charge >= 0.3 is 0 Å². The van der Waals surface area contributed by atoms with Crippen LogP contribution >= 0.6 is 0 Å². The van der Waals surface area contributed by atoms with Gasteiger partial charge in [0.2, 0.25) is 0 Å². The van der Waals surface area contributed by atoms with E-state index in [0.717, 1.165) is 0 Å². The highest BCUT2D eigenvalue weighted by atomic mass is 19.1. The number of benzene rings is 3. The number of hydrogen-bond donors (Lipinski definition) is 2. The number of carbonyl (C=O) groups is 2. The van der Waals surface area contributed by atoms with Crippen LogP contribution in [0.25, 0.3) is 0 Å². The van der Waals surface area contributed by atoms with E-state index >= 15 is 0 Å². The Morgan fingerprint density at radius 1 is 0.759 bits per heavy atom. The fourth-order valence-corrected chi connectivity index (χ4v) is 2.66. The molecule has 0 aromatic heterocycles. The number of methoxy groups -OCH3 is 2. The summed E-state index contributed by atoms with van der Waals surface area (Å²) in [6, 6.07) is 17.0. The zero-order chi connectivity index (χ0) is 20.8. The Labute approximate surface area is 167 Å². The third kappa shape index (κ3) is 4.70. The fraction of sp³-hybridized carbons (Fsp3) is 0.0909. The van der Waals surface area contributed by atoms with Crippen LogP contribution in [0.1, 0.15) is 20.7 Å². The molecule has 0 spiro atoms. The van der Waals surface area contributed by atoms with Crippen LogP contribution in [0.15, 0.2) is 66.7 Å². The maximum absolute atomic E-state index is 13.7. The molecule has 0 saturated carbocycles. The van der Waals surface area contributed by atoms with Crippen LogP contribution in [0.3, 0.4) is 0 Å². The molecular weight excluding hydrogens is 375 g/mol. The average Bonchev–Trinajstić information content (AvgIpc) is 2.75. The highest BCUT2D eigenvalue weighted by Gasteiger charge is 2.14. The molecule has 0 bridgehead atoms. The van der Waals surface area contributed by atoms with Gasteiger partial charge in [-0.05, 0) is 42.5 Å². The quantitative estimate of drug-likeness (QED) is 0.652. The Kier molecular flexibility index (Phi) is 6.09. The molecule has 2 amide bonds. The zero-order valence-corrected chi connectivity index (χ0v) is 15.9. The minimum atomic E-state index is -0.540. The number of nitrogens with one attached hydrogen (secondary N) is 2. The van der Waals surface area contributed by atoms with Crippen molar-refractivity contribution >= 4 is 23.2 Å². The summed E-state index contributed by atoms with van der Waals surface area (Å²) in [5, 5.41) is 5.24. The smallest absolute Gasteiger partial charge is 0.255 e. The third-order valence-electron chi connectivity index (χ3n) is 4.17. The summed E-state index contributed by atoms with van der Waals surface area (Å²) in [4.78, 5) is 25.1. The Balaban J connectivity index is 1.78. The van der Waals surface area contributed by atoms with E-state index in [-0.39, 0.29) is 16.8 Å². The van der Waals surface area contributed by atoms with Gasteiger partial charge in [-0.15, -0.1) is 0 Å². The summed E-state index contributed by atoms with van der Waals surface area (Å²) in [5.74, 6) is -0.458. The Morgan fingerprint density at radius 3 is 2.03 bits per heavy atom. The second-order valence-corrected chi connectivity index (χ2v) is 6.04. The molecule has 3 rings (SSSR count). The van der Waals surface area contributed by atoms with Gasteiger partial charge in [0.05, 0.1) is 25.6 Å². The fourth-order valence-electron chi connectivity index (χ4n) is 2.66. The second kappa shape index (κ2) is 8.88. The number of ether oxygens (including phenoxy) is 2. The van der Waals surface area contributed by atoms with Crippen molar-refractivity contribution in [3.63, 3.8) is 0 Å². The van der Waals surface area contributed by atoms with Crippen molar-refractivity contribution in [2.75, 3.05) is 24.9 Å². The molecule has 148 valence electrons. The number of rotatable bonds is 6. The van der Waals surface area contributed by atoms with Gasteiger partial charge in [0.1, 0.15) is 17.3 Å². The van der Waals surface area contributed by atoms with Crippen molar-refractivity contribution in [3.8, 4) is 11.5 Å². The molecule has 7 heteroatoms. The molecule has 0 radical (unpaired) electrons. The maximum Gasteiger partial charge on any atom is 0.255 e. The summed E-state index contributed by atoms with van der Waals surface area (Å²) < 4.78 is 24.1. The van der Waals surface area contributed by atoms with Gasteiger partial charge in [0.15, 0.2) is 0 Å². The third-order valence-corrected chi connectivity index (χ3v) is 4.17. The molecule has 0 atom stereocenters. The number of halogens is 1. The molecule has 0 aliphatic rings. The van der Waals surface area contributed by atoms with E-state index in [1.54, 1.807) is 42.5 Å². The topological polar surface area (TPSA) is 76.7 Å². The minimum Gasteiger partial charge on any atom is -0.497 e. The Morgan fingerprint density at radius 2 is 1.41 bits per heavy atom. The van der Waals surface area contributed by atoms with Crippen LogP contribution in [-0.2, 0) is 0 Å². The first-order valence-electron chi connectivity index (χ1n) is 8.71. The number of amides is 2. The molecule has 0 heterocycles. The van der Waals surface area contributed by atoms with Crippen molar-refractivity contribution in [3.05, 3.63) is 83.7 Å². The first-order chi connectivity index (χ1) is 14.0. The van der Waals surface area contributed by atoms with E-state index in [2.05, 4.69) is 10.6 Å². The summed E-state index contributed by atoms with van der Waals surface area (Å²) in [6.07, 6.45) is 0. The summed E-state index contributed by atoms with van der Waals surface area (Å²) in [5.41, 5.74) is 1.02. The van der Waals surface area contributed by atoms with Crippen LogP contribution in [0.4, 0.5) is 15.8 Å². The molecule has 0 aliphatic heterocycles. The second-order valence-electron chi connectivity index (χ2n) is 6.04. The predicted molar refractivity (Wildman–Crippen MR) is 108 cm³/mol. The minimum absolute atomic E-state index is 0.0651. The maximum atomic E-state index is 13.7. The van der Waals surface area contributed by atoms with Crippen LogP contribution < -0.4 is 20.1 Å². The van der Waals surface area contributed by atoms with Crippen LogP contribution in [0.2, 0.25) is 0 Å². The van der Waals surface area contributed by atoms with Crippen molar-refractivity contribution in [2.24, 2.45) is 0 Å². The van der Waals surface area contributed by atoms with E-state index in [0.29, 0.717) is 17.2 Å². The van der Waals surface area contributed by atoms with Crippen LogP contribution in [0.5, 0.6) is 11.5 Å². The molecule has 3 aromatic carbocycles. The predicted octanol–water partition coefficient (Wildman–Crippen LogP) is 4.35. The molecule has 29 heavy (non-hydrogen) atoms. The summed E-state index contributed by atoms with van der Waals surface area (Å²) in [7, 11) is 3.02. The van der Waals surface area contributed by atoms with Crippen LogP contribution in [0, 0.1) is 5.82 Å². The molecule has 3 aromatic rings. The standard InChI is InChI=1S/C22H19FN2O4/c1-28-16-10-11-19(20(13-16)29-2)25-22(27)15-7-5-6-14(12-15)21(26)24-18-9-4-3-8-17(18)23/h3-13H,1-2H3,(H,24,26)(H,25,27). The Hall–Kier alpha value is -3.87. The monoisotopic (exact) mass is 394 g/mol. The normalized spacial score (nSPS) is 10.2. The molecule has 6 nitrogen and oxygen atoms in total. The lowest BCUT2D eigenvalue weighted by Crippen LogP contribution is -2.16. The van der Waals surface area contributed by atoms with Crippen molar-refractivity contribution in [1.29, 1.82) is 0 Å². The van der Waals surface area contributed by atoms with E-state index in [1.165, 1.54) is 38.5 Å². The number of carbonyl (C=O) groups excluding carboxylic acids is 2. The summed E-state index contributed by atoms with van der Waals surface area (Å²) in [6.45, 7) is 0. The van der Waals surface area contributed by atoms with Crippen molar-refractivity contribution < 1.29 is 23.5 Å². The van der Waals surface area contributed by atoms with E-state index < -0.39 is 17.6 Å². The van der Waals surface area contributed by atoms with E-state index in [1.807, 2.05) is 0 Å². The van der Waals surface area contributed by atoms with Gasteiger partial charge in [-0.3, -0.25) is 9.59 Å². The number of para-hydroxylation sites is 1. The summed E-state index contributed by atoms with van der Waals surface area (Å²) >= 11 is 0. The molecule has 2 N–H and O–H groups in total. The number of anilines is 2. The highest BCUT2D eigenvalue weighted by Crippen LogP contribution is 2.29. The van der Waals surface area contributed by atoms with Gasteiger partial charge in [-0.1, -0.05) is 18.2 Å². The molecule has 0 saturated heterocycles. The van der Waals surface area contributed by atoms with Gasteiger partial charge in [-0.2, -0.15) is 0 Å². The lowest BCUT2D eigenvalue weighted by atomic mass is 10.1. The lowest BCUT2D eigenvalue weighted by molar-refractivity contribution is 0.102. The molecule has 0 fully saturated rings. The van der Waals surface area contributed by atoms with Gasteiger partial charge in [0, 0.05) is 17.2 Å². The van der Waals surface area contributed by atoms with Gasteiger partial charge in [0.25, 0.3) is 11.8 Å². The Bertz CT molecular complexity index is 1050. The molecular formula is C22H19FN2O4. The van der Waals surface area contributed by atoms with Gasteiger partial charge in [-0.25, -0.2) is 4.39 Å². The SMILES string of the molecule is COc1ccc(NC(=O)c2cccc(C(=O)Nc3ccccc3F)c2)c(OC)c1. The lowest BCUT2D eigenvalue weighted by Gasteiger charge is -2.12. The van der Waals surface area contributed by atoms with E-state index in [9.17, 15) is 14.0 Å². The molecule has 0 unspecified atom stereocenters. The zero-order valence-electron chi connectivity index (χ0n) is 15.9. The van der Waals surface area contributed by atoms with Crippen LogP contribution in [-0.4, -0.2) is 26.0 Å².